The highest BCUT2D eigenvalue weighted by Gasteiger charge is 2.24. The Balaban J connectivity index is 4.21. The third-order valence-corrected chi connectivity index (χ3v) is 6.23. The van der Waals surface area contributed by atoms with Gasteiger partial charge in [-0.15, -0.1) is 0 Å². The molecule has 0 radical (unpaired) electrons. The average molecular weight is 186 g/mol. The Bertz CT molecular complexity index is 99.6. The van der Waals surface area contributed by atoms with Gasteiger partial charge < -0.3 is 0 Å². The van der Waals surface area contributed by atoms with Gasteiger partial charge in [-0.1, -0.05) is 53.6 Å². The molecule has 1 heteroatoms. The standard InChI is InChI=1S/C11H26Si/c1-7-9(3)11(12(5)6)10(4)8-2/h9-12H,7-8H2,1-6H3. The summed E-state index contributed by atoms with van der Waals surface area (Å²) in [5, 5.41) is 0. The summed E-state index contributed by atoms with van der Waals surface area (Å²) in [6.07, 6.45) is 2.72. The molecule has 0 aliphatic rings. The van der Waals surface area contributed by atoms with Gasteiger partial charge in [-0.05, 0) is 17.4 Å². The summed E-state index contributed by atoms with van der Waals surface area (Å²) < 4.78 is 0. The average Bonchev–Trinajstić information content (AvgIpc) is 2.03. The summed E-state index contributed by atoms with van der Waals surface area (Å²) in [6.45, 7) is 14.5. The van der Waals surface area contributed by atoms with E-state index >= 15 is 0 Å². The molecule has 12 heavy (non-hydrogen) atoms. The Morgan fingerprint density at radius 2 is 1.25 bits per heavy atom. The summed E-state index contributed by atoms with van der Waals surface area (Å²) >= 11 is 0. The SMILES string of the molecule is CCC(C)C(C(C)CC)[SiH](C)C. The Morgan fingerprint density at radius 3 is 1.42 bits per heavy atom. The molecule has 2 atom stereocenters. The lowest BCUT2D eigenvalue weighted by Gasteiger charge is -2.31. The monoisotopic (exact) mass is 186 g/mol. The van der Waals surface area contributed by atoms with E-state index in [0.29, 0.717) is 0 Å². The quantitative estimate of drug-likeness (QED) is 0.571. The third kappa shape index (κ3) is 3.30. The number of hydrogen-bond acceptors (Lipinski definition) is 0. The van der Waals surface area contributed by atoms with E-state index in [1.807, 2.05) is 0 Å². The first kappa shape index (κ1) is 12.2. The van der Waals surface area contributed by atoms with Gasteiger partial charge in [0.15, 0.2) is 0 Å². The van der Waals surface area contributed by atoms with Gasteiger partial charge in [0.1, 0.15) is 0 Å². The Morgan fingerprint density at radius 1 is 0.917 bits per heavy atom. The molecule has 0 N–H and O–H groups in total. The molecule has 2 unspecified atom stereocenters. The van der Waals surface area contributed by atoms with Crippen molar-refractivity contribution in [1.29, 1.82) is 0 Å². The molecule has 0 saturated carbocycles. The molecule has 0 saturated heterocycles. The van der Waals surface area contributed by atoms with Gasteiger partial charge in [0.05, 0.1) is 0 Å². The van der Waals surface area contributed by atoms with Crippen molar-refractivity contribution in [2.45, 2.75) is 59.2 Å². The predicted octanol–water partition coefficient (Wildman–Crippen LogP) is 3.94. The minimum atomic E-state index is -0.437. The van der Waals surface area contributed by atoms with Crippen LogP contribution in [0.3, 0.4) is 0 Å². The lowest BCUT2D eigenvalue weighted by Crippen LogP contribution is -2.25. The maximum Gasteiger partial charge on any atom is 0.0343 e. The molecule has 0 rings (SSSR count). The largest absolute Gasteiger partial charge is 0.0720 e. The van der Waals surface area contributed by atoms with Crippen molar-refractivity contribution in [1.82, 2.24) is 0 Å². The van der Waals surface area contributed by atoms with Crippen molar-refractivity contribution in [2.75, 3.05) is 0 Å². The highest BCUT2D eigenvalue weighted by atomic mass is 28.3. The number of rotatable bonds is 5. The van der Waals surface area contributed by atoms with Gasteiger partial charge in [-0.3, -0.25) is 0 Å². The molecule has 0 aliphatic heterocycles. The van der Waals surface area contributed by atoms with E-state index in [2.05, 4.69) is 40.8 Å². The van der Waals surface area contributed by atoms with Crippen LogP contribution in [0, 0.1) is 11.8 Å². The maximum atomic E-state index is 2.50. The van der Waals surface area contributed by atoms with Crippen LogP contribution in [-0.2, 0) is 0 Å². The van der Waals surface area contributed by atoms with E-state index < -0.39 is 8.80 Å². The molecule has 0 amide bonds. The van der Waals surface area contributed by atoms with Crippen LogP contribution in [0.1, 0.15) is 40.5 Å². The Kier molecular flexibility index (Phi) is 5.90. The molecular formula is C11H26Si. The summed E-state index contributed by atoms with van der Waals surface area (Å²) in [5.41, 5.74) is 1.06. The van der Waals surface area contributed by atoms with Gasteiger partial charge in [-0.2, -0.15) is 0 Å². The number of hydrogen-bond donors (Lipinski definition) is 0. The van der Waals surface area contributed by atoms with E-state index in [4.69, 9.17) is 0 Å². The first-order chi connectivity index (χ1) is 5.54. The minimum absolute atomic E-state index is 0.437. The van der Waals surface area contributed by atoms with E-state index in [9.17, 15) is 0 Å². The van der Waals surface area contributed by atoms with Crippen molar-refractivity contribution in [3.8, 4) is 0 Å². The molecule has 0 aromatic carbocycles. The molecule has 0 bridgehead atoms. The highest BCUT2D eigenvalue weighted by molar-refractivity contribution is 6.57. The van der Waals surface area contributed by atoms with Crippen LogP contribution in [0.15, 0.2) is 0 Å². The van der Waals surface area contributed by atoms with E-state index in [0.717, 1.165) is 17.4 Å². The van der Waals surface area contributed by atoms with Crippen LogP contribution in [0.25, 0.3) is 0 Å². The van der Waals surface area contributed by atoms with Crippen molar-refractivity contribution < 1.29 is 0 Å². The molecule has 0 heterocycles. The maximum absolute atomic E-state index is 2.50. The van der Waals surface area contributed by atoms with Gasteiger partial charge in [0.25, 0.3) is 0 Å². The van der Waals surface area contributed by atoms with Crippen molar-refractivity contribution in [2.24, 2.45) is 11.8 Å². The lowest BCUT2D eigenvalue weighted by atomic mass is 9.93. The smallest absolute Gasteiger partial charge is 0.0343 e. The molecule has 74 valence electrons. The fourth-order valence-corrected chi connectivity index (χ4v) is 5.59. The topological polar surface area (TPSA) is 0 Å². The fourth-order valence-electron chi connectivity index (χ4n) is 2.42. The van der Waals surface area contributed by atoms with Gasteiger partial charge in [0.2, 0.25) is 0 Å². The van der Waals surface area contributed by atoms with Crippen molar-refractivity contribution in [3.05, 3.63) is 0 Å². The second kappa shape index (κ2) is 5.79. The minimum Gasteiger partial charge on any atom is -0.0720 e. The van der Waals surface area contributed by atoms with Crippen LogP contribution in [0.4, 0.5) is 0 Å². The Hall–Kier alpha value is 0.217. The van der Waals surface area contributed by atoms with Crippen LogP contribution >= 0.6 is 0 Å². The Labute approximate surface area is 80.4 Å². The van der Waals surface area contributed by atoms with Crippen LogP contribution in [0.5, 0.6) is 0 Å². The zero-order valence-electron chi connectivity index (χ0n) is 9.72. The first-order valence-corrected chi connectivity index (χ1v) is 8.52. The second-order valence-corrected chi connectivity index (χ2v) is 7.85. The van der Waals surface area contributed by atoms with Crippen molar-refractivity contribution >= 4 is 8.80 Å². The lowest BCUT2D eigenvalue weighted by molar-refractivity contribution is 0.391. The summed E-state index contributed by atoms with van der Waals surface area (Å²) in [5.74, 6) is 1.90. The van der Waals surface area contributed by atoms with Crippen molar-refractivity contribution in [3.63, 3.8) is 0 Å². The fraction of sp³-hybridized carbons (Fsp3) is 1.00. The molecule has 0 fully saturated rings. The van der Waals surface area contributed by atoms with Crippen LogP contribution < -0.4 is 0 Å². The summed E-state index contributed by atoms with van der Waals surface area (Å²) in [6, 6.07) is 0. The van der Waals surface area contributed by atoms with E-state index in [1.165, 1.54) is 12.8 Å². The zero-order chi connectivity index (χ0) is 9.72. The summed E-state index contributed by atoms with van der Waals surface area (Å²) in [4.78, 5) is 0. The van der Waals surface area contributed by atoms with Gasteiger partial charge in [-0.25, -0.2) is 0 Å². The zero-order valence-corrected chi connectivity index (χ0v) is 10.9. The second-order valence-electron chi connectivity index (χ2n) is 4.59. The van der Waals surface area contributed by atoms with Crippen LogP contribution in [0.2, 0.25) is 18.6 Å². The normalized spacial score (nSPS) is 19.2. The van der Waals surface area contributed by atoms with Gasteiger partial charge in [0, 0.05) is 8.80 Å². The van der Waals surface area contributed by atoms with Gasteiger partial charge >= 0.3 is 0 Å². The molecule has 0 spiro atoms. The first-order valence-electron chi connectivity index (χ1n) is 5.54. The highest BCUT2D eigenvalue weighted by Crippen LogP contribution is 2.34. The predicted molar refractivity (Wildman–Crippen MR) is 61.5 cm³/mol. The molecule has 0 aliphatic carbocycles. The molecule has 0 aromatic rings. The summed E-state index contributed by atoms with van der Waals surface area (Å²) in [7, 11) is -0.437. The van der Waals surface area contributed by atoms with Crippen LogP contribution in [-0.4, -0.2) is 8.80 Å². The van der Waals surface area contributed by atoms with E-state index in [-0.39, 0.29) is 0 Å². The van der Waals surface area contributed by atoms with E-state index in [1.54, 1.807) is 0 Å². The molecule has 0 nitrogen and oxygen atoms in total. The molecular weight excluding hydrogens is 160 g/mol. The third-order valence-electron chi connectivity index (χ3n) is 3.37. The molecule has 0 aromatic heterocycles.